The van der Waals surface area contributed by atoms with E-state index in [0.717, 1.165) is 49.0 Å². The van der Waals surface area contributed by atoms with E-state index < -0.39 is 11.8 Å². The average Bonchev–Trinajstić information content (AvgIpc) is 3.10. The molecule has 2 aliphatic heterocycles. The molecule has 1 aromatic rings. The fourth-order valence-corrected chi connectivity index (χ4v) is 6.22. The molecule has 0 aromatic heterocycles. The monoisotopic (exact) mass is 468 g/mol. The number of hydrogen-bond donors (Lipinski definition) is 2. The minimum Gasteiger partial charge on any atom is -0.370 e. The first kappa shape index (κ1) is 24.7. The van der Waals surface area contributed by atoms with Gasteiger partial charge in [0.1, 0.15) is 0 Å². The second kappa shape index (κ2) is 10.9. The second-order valence-electron chi connectivity index (χ2n) is 10.7. The third kappa shape index (κ3) is 5.45. The van der Waals surface area contributed by atoms with Crippen molar-refractivity contribution in [2.45, 2.75) is 83.2 Å². The van der Waals surface area contributed by atoms with E-state index in [1.807, 2.05) is 29.2 Å². The maximum absolute atomic E-state index is 13.5. The minimum atomic E-state index is -0.464. The van der Waals surface area contributed by atoms with E-state index in [-0.39, 0.29) is 37.2 Å². The molecule has 3 aliphatic rings. The molecule has 0 bridgehead atoms. The highest BCUT2D eigenvalue weighted by molar-refractivity contribution is 6.07. The van der Waals surface area contributed by atoms with Crippen LogP contribution in [0.3, 0.4) is 0 Å². The van der Waals surface area contributed by atoms with E-state index in [2.05, 4.69) is 24.1 Å². The van der Waals surface area contributed by atoms with Crippen LogP contribution in [0.2, 0.25) is 0 Å². The van der Waals surface area contributed by atoms with Crippen LogP contribution in [0.25, 0.3) is 0 Å². The zero-order valence-corrected chi connectivity index (χ0v) is 20.7. The van der Waals surface area contributed by atoms with E-state index in [1.165, 1.54) is 25.7 Å². The van der Waals surface area contributed by atoms with Gasteiger partial charge in [-0.05, 0) is 62.0 Å². The highest BCUT2D eigenvalue weighted by Crippen LogP contribution is 2.42. The molecular weight excluding hydrogens is 428 g/mol. The number of para-hydroxylation sites is 1. The van der Waals surface area contributed by atoms with Gasteiger partial charge < -0.3 is 20.9 Å². The number of rotatable bonds is 8. The largest absolute Gasteiger partial charge is 0.370 e. The molecule has 2 fully saturated rings. The van der Waals surface area contributed by atoms with Gasteiger partial charge >= 0.3 is 0 Å². The van der Waals surface area contributed by atoms with Crippen molar-refractivity contribution in [3.05, 3.63) is 29.8 Å². The van der Waals surface area contributed by atoms with Crippen molar-refractivity contribution >= 4 is 23.4 Å². The number of nitrogens with zero attached hydrogens (tertiary/aromatic N) is 2. The lowest BCUT2D eigenvalue weighted by Gasteiger charge is -2.43. The molecule has 4 rings (SSSR count). The van der Waals surface area contributed by atoms with Gasteiger partial charge in [0, 0.05) is 50.2 Å². The van der Waals surface area contributed by atoms with Crippen molar-refractivity contribution in [2.24, 2.45) is 17.6 Å². The standard InChI is InChI=1S/C27H40N4O3/c1-18(2)19-7-9-20(10-8-19)30-15-12-21(13-16-30)31-24-6-4-3-5-22(24)23(27(31)34)17-26(33)29-14-11-25(28)32/h3-6,18-21,23H,7-17H2,1-2H3,(H2,28,32)(H,29,33). The SMILES string of the molecule is CC(C)C1CCC(N2CCC(N3C(=O)C(CC(=O)NCCC(N)=O)c4ccccc43)CC2)CC1. The number of primary amides is 1. The van der Waals surface area contributed by atoms with Crippen LogP contribution in [0.1, 0.15) is 76.7 Å². The van der Waals surface area contributed by atoms with Crippen LogP contribution in [0.4, 0.5) is 5.69 Å². The lowest BCUT2D eigenvalue weighted by molar-refractivity contribution is -0.126. The fraction of sp³-hybridized carbons (Fsp3) is 0.667. The first-order chi connectivity index (χ1) is 16.3. The van der Waals surface area contributed by atoms with Gasteiger partial charge in [-0.15, -0.1) is 0 Å². The Bertz CT molecular complexity index is 886. The van der Waals surface area contributed by atoms with Gasteiger partial charge in [0.15, 0.2) is 0 Å². The summed E-state index contributed by atoms with van der Waals surface area (Å²) in [7, 11) is 0. The molecular formula is C27H40N4O3. The second-order valence-corrected chi connectivity index (χ2v) is 10.7. The zero-order chi connectivity index (χ0) is 24.2. The number of amides is 3. The minimum absolute atomic E-state index is 0.0298. The summed E-state index contributed by atoms with van der Waals surface area (Å²) in [6, 6.07) is 8.75. The van der Waals surface area contributed by atoms with Crippen LogP contribution in [-0.4, -0.2) is 54.3 Å². The van der Waals surface area contributed by atoms with E-state index in [1.54, 1.807) is 0 Å². The van der Waals surface area contributed by atoms with Gasteiger partial charge in [0.25, 0.3) is 0 Å². The Labute approximate surface area is 203 Å². The van der Waals surface area contributed by atoms with Crippen LogP contribution < -0.4 is 16.0 Å². The molecule has 0 spiro atoms. The van der Waals surface area contributed by atoms with Crippen molar-refractivity contribution in [2.75, 3.05) is 24.5 Å². The van der Waals surface area contributed by atoms with Gasteiger partial charge in [-0.25, -0.2) is 0 Å². The predicted octanol–water partition coefficient (Wildman–Crippen LogP) is 3.18. The smallest absolute Gasteiger partial charge is 0.235 e. The summed E-state index contributed by atoms with van der Waals surface area (Å²) >= 11 is 0. The topological polar surface area (TPSA) is 95.7 Å². The molecule has 1 saturated carbocycles. The molecule has 1 saturated heterocycles. The normalized spacial score (nSPS) is 26.0. The van der Waals surface area contributed by atoms with Gasteiger partial charge in [-0.3, -0.25) is 14.4 Å². The van der Waals surface area contributed by atoms with Gasteiger partial charge in [0.2, 0.25) is 17.7 Å². The van der Waals surface area contributed by atoms with Crippen LogP contribution in [0, 0.1) is 11.8 Å². The number of piperidine rings is 1. The summed E-state index contributed by atoms with van der Waals surface area (Å²) < 4.78 is 0. The highest BCUT2D eigenvalue weighted by Gasteiger charge is 2.42. The first-order valence-corrected chi connectivity index (χ1v) is 13.1. The number of anilines is 1. The van der Waals surface area contributed by atoms with Crippen molar-refractivity contribution in [1.29, 1.82) is 0 Å². The number of nitrogens with one attached hydrogen (secondary N) is 1. The molecule has 1 aromatic carbocycles. The van der Waals surface area contributed by atoms with Gasteiger partial charge in [-0.2, -0.15) is 0 Å². The summed E-state index contributed by atoms with van der Waals surface area (Å²) in [6.07, 6.45) is 7.42. The van der Waals surface area contributed by atoms with Crippen LogP contribution >= 0.6 is 0 Å². The van der Waals surface area contributed by atoms with E-state index in [4.69, 9.17) is 5.73 Å². The molecule has 7 nitrogen and oxygen atoms in total. The van der Waals surface area contributed by atoms with Crippen LogP contribution in [0.5, 0.6) is 0 Å². The lowest BCUT2D eigenvalue weighted by Crippen LogP contribution is -2.50. The molecule has 1 aliphatic carbocycles. The Morgan fingerprint density at radius 2 is 1.71 bits per heavy atom. The maximum Gasteiger partial charge on any atom is 0.235 e. The summed E-state index contributed by atoms with van der Waals surface area (Å²) in [4.78, 5) is 41.5. The maximum atomic E-state index is 13.5. The van der Waals surface area contributed by atoms with Crippen molar-refractivity contribution in [3.8, 4) is 0 Å². The molecule has 0 radical (unpaired) electrons. The molecule has 3 amide bonds. The molecule has 7 heteroatoms. The number of fused-ring (bicyclic) bond motifs is 1. The van der Waals surface area contributed by atoms with E-state index in [9.17, 15) is 14.4 Å². The zero-order valence-electron chi connectivity index (χ0n) is 20.7. The summed E-state index contributed by atoms with van der Waals surface area (Å²) in [5.41, 5.74) is 7.04. The van der Waals surface area contributed by atoms with Gasteiger partial charge in [0.05, 0.1) is 5.92 Å². The quantitative estimate of drug-likeness (QED) is 0.613. The van der Waals surface area contributed by atoms with Crippen LogP contribution in [0.15, 0.2) is 24.3 Å². The molecule has 34 heavy (non-hydrogen) atoms. The number of likely N-dealkylation sites (tertiary alicyclic amines) is 1. The third-order valence-corrected chi connectivity index (χ3v) is 8.26. The third-order valence-electron chi connectivity index (χ3n) is 8.26. The molecule has 186 valence electrons. The van der Waals surface area contributed by atoms with E-state index in [0.29, 0.717) is 6.04 Å². The van der Waals surface area contributed by atoms with Crippen molar-refractivity contribution in [3.63, 3.8) is 0 Å². The summed E-state index contributed by atoms with van der Waals surface area (Å²) in [5.74, 6) is 0.552. The predicted molar refractivity (Wildman–Crippen MR) is 133 cm³/mol. The lowest BCUT2D eigenvalue weighted by atomic mass is 9.79. The Balaban J connectivity index is 1.36. The summed E-state index contributed by atoms with van der Waals surface area (Å²) in [5, 5.41) is 2.72. The Hall–Kier alpha value is -2.41. The average molecular weight is 469 g/mol. The fourth-order valence-electron chi connectivity index (χ4n) is 6.22. The number of nitrogens with two attached hydrogens (primary N) is 1. The van der Waals surface area contributed by atoms with E-state index >= 15 is 0 Å². The number of hydrogen-bond acceptors (Lipinski definition) is 4. The van der Waals surface area contributed by atoms with Crippen LogP contribution in [-0.2, 0) is 14.4 Å². The Morgan fingerprint density at radius 1 is 1.03 bits per heavy atom. The number of benzene rings is 1. The Kier molecular flexibility index (Phi) is 7.91. The Morgan fingerprint density at radius 3 is 2.35 bits per heavy atom. The van der Waals surface area contributed by atoms with Gasteiger partial charge in [-0.1, -0.05) is 32.0 Å². The van der Waals surface area contributed by atoms with Crippen molar-refractivity contribution in [1.82, 2.24) is 10.2 Å². The molecule has 1 unspecified atom stereocenters. The molecule has 1 atom stereocenters. The molecule has 3 N–H and O–H groups in total. The summed E-state index contributed by atoms with van der Waals surface area (Å²) in [6.45, 7) is 6.97. The highest BCUT2D eigenvalue weighted by atomic mass is 16.2. The number of carbonyl (C=O) groups excluding carboxylic acids is 3. The number of carbonyl (C=O) groups is 3. The van der Waals surface area contributed by atoms with Crippen molar-refractivity contribution < 1.29 is 14.4 Å². The first-order valence-electron chi connectivity index (χ1n) is 13.1. The molecule has 2 heterocycles.